The summed E-state index contributed by atoms with van der Waals surface area (Å²) in [5.41, 5.74) is 7.16. The van der Waals surface area contributed by atoms with Gasteiger partial charge >= 0.3 is 0 Å². The van der Waals surface area contributed by atoms with Gasteiger partial charge in [0.2, 0.25) is 0 Å². The van der Waals surface area contributed by atoms with Crippen LogP contribution in [-0.2, 0) is 9.84 Å². The van der Waals surface area contributed by atoms with E-state index in [1.165, 1.54) is 0 Å². The van der Waals surface area contributed by atoms with Crippen molar-refractivity contribution in [2.45, 2.75) is 25.7 Å². The first-order chi connectivity index (χ1) is 6.38. The molecule has 0 atom stereocenters. The second-order valence-electron chi connectivity index (χ2n) is 3.18. The topological polar surface area (TPSA) is 73.0 Å². The number of nitrogens with zero attached hydrogens (tertiary/aromatic N) is 1. The Labute approximate surface area is 84.1 Å². The Morgan fingerprint density at radius 2 is 2.00 bits per heavy atom. The van der Waals surface area contributed by atoms with Crippen LogP contribution in [0.3, 0.4) is 0 Å². The van der Waals surface area contributed by atoms with Gasteiger partial charge in [0.1, 0.15) is 10.7 Å². The number of anilines is 1. The maximum atomic E-state index is 11.6. The number of rotatable bonds is 2. The fourth-order valence-electron chi connectivity index (χ4n) is 1.10. The van der Waals surface area contributed by atoms with Crippen LogP contribution < -0.4 is 5.73 Å². The summed E-state index contributed by atoms with van der Waals surface area (Å²) in [6.45, 7) is 5.20. The minimum absolute atomic E-state index is 0.0430. The second kappa shape index (κ2) is 3.57. The first-order valence-corrected chi connectivity index (χ1v) is 6.00. The van der Waals surface area contributed by atoms with Crippen molar-refractivity contribution in [2.75, 3.05) is 11.5 Å². The van der Waals surface area contributed by atoms with Gasteiger partial charge in [-0.15, -0.1) is 0 Å². The van der Waals surface area contributed by atoms with Crippen molar-refractivity contribution in [3.63, 3.8) is 0 Å². The van der Waals surface area contributed by atoms with Gasteiger partial charge in [0.15, 0.2) is 9.84 Å². The number of hydrogen-bond donors (Lipinski definition) is 1. The Morgan fingerprint density at radius 1 is 1.43 bits per heavy atom. The van der Waals surface area contributed by atoms with Crippen molar-refractivity contribution in [3.8, 4) is 0 Å². The van der Waals surface area contributed by atoms with E-state index < -0.39 is 9.84 Å². The van der Waals surface area contributed by atoms with Gasteiger partial charge in [0.05, 0.1) is 5.75 Å². The third-order valence-corrected chi connectivity index (χ3v) is 3.93. The van der Waals surface area contributed by atoms with Gasteiger partial charge in [-0.2, -0.15) is 0 Å². The third kappa shape index (κ3) is 1.87. The molecule has 14 heavy (non-hydrogen) atoms. The summed E-state index contributed by atoms with van der Waals surface area (Å²) in [7, 11) is -3.26. The van der Waals surface area contributed by atoms with Crippen molar-refractivity contribution >= 4 is 15.7 Å². The van der Waals surface area contributed by atoms with E-state index in [0.717, 1.165) is 11.3 Å². The Bertz CT molecular complexity index is 452. The molecule has 0 unspecified atom stereocenters. The van der Waals surface area contributed by atoms with E-state index in [1.54, 1.807) is 19.9 Å². The summed E-state index contributed by atoms with van der Waals surface area (Å²) in [6, 6.07) is 1.58. The zero-order valence-electron chi connectivity index (χ0n) is 8.53. The molecular weight excluding hydrogens is 200 g/mol. The van der Waals surface area contributed by atoms with Crippen LogP contribution in [-0.4, -0.2) is 19.2 Å². The zero-order valence-corrected chi connectivity index (χ0v) is 9.35. The molecule has 5 heteroatoms. The first-order valence-electron chi connectivity index (χ1n) is 4.35. The van der Waals surface area contributed by atoms with E-state index in [9.17, 15) is 8.42 Å². The molecular formula is C9H14N2O2S. The van der Waals surface area contributed by atoms with Gasteiger partial charge in [-0.3, -0.25) is 0 Å². The Hall–Kier alpha value is -1.10. The van der Waals surface area contributed by atoms with Crippen LogP contribution in [0.25, 0.3) is 0 Å². The number of nitrogen functional groups attached to an aromatic ring is 1. The predicted octanol–water partition coefficient (Wildman–Crippen LogP) is 1.07. The van der Waals surface area contributed by atoms with Crippen LogP contribution in [0.2, 0.25) is 0 Å². The van der Waals surface area contributed by atoms with Crippen molar-refractivity contribution in [1.29, 1.82) is 0 Å². The van der Waals surface area contributed by atoms with Gasteiger partial charge in [0, 0.05) is 5.69 Å². The Morgan fingerprint density at radius 3 is 2.50 bits per heavy atom. The summed E-state index contributed by atoms with van der Waals surface area (Å²) in [5.74, 6) is 0.136. The average molecular weight is 214 g/mol. The summed E-state index contributed by atoms with van der Waals surface area (Å²) in [5, 5.41) is 0. The molecule has 0 bridgehead atoms. The maximum absolute atomic E-state index is 11.6. The number of aromatic nitrogens is 1. The highest BCUT2D eigenvalue weighted by atomic mass is 32.2. The highest BCUT2D eigenvalue weighted by molar-refractivity contribution is 7.91. The van der Waals surface area contributed by atoms with E-state index in [0.29, 0.717) is 0 Å². The molecule has 4 nitrogen and oxygen atoms in total. The summed E-state index contributed by atoms with van der Waals surface area (Å²) < 4.78 is 23.1. The molecule has 1 heterocycles. The fraction of sp³-hybridized carbons (Fsp3) is 0.444. The van der Waals surface area contributed by atoms with Gasteiger partial charge < -0.3 is 5.73 Å². The molecule has 2 N–H and O–H groups in total. The molecule has 0 aromatic carbocycles. The van der Waals surface area contributed by atoms with Crippen LogP contribution in [0.15, 0.2) is 11.0 Å². The molecule has 0 spiro atoms. The molecule has 0 fully saturated rings. The lowest BCUT2D eigenvalue weighted by Gasteiger charge is -2.07. The molecule has 0 aliphatic heterocycles. The van der Waals surface area contributed by atoms with E-state index in [2.05, 4.69) is 4.98 Å². The Balaban J connectivity index is 3.45. The second-order valence-corrected chi connectivity index (χ2v) is 5.42. The molecule has 1 aromatic heterocycles. The smallest absolute Gasteiger partial charge is 0.181 e. The van der Waals surface area contributed by atoms with Gasteiger partial charge in [-0.05, 0) is 25.5 Å². The monoisotopic (exact) mass is 214 g/mol. The molecule has 0 radical (unpaired) electrons. The van der Waals surface area contributed by atoms with Crippen molar-refractivity contribution in [2.24, 2.45) is 0 Å². The number of hydrogen-bond acceptors (Lipinski definition) is 4. The minimum atomic E-state index is -3.26. The highest BCUT2D eigenvalue weighted by Gasteiger charge is 2.17. The number of aryl methyl sites for hydroxylation is 2. The lowest BCUT2D eigenvalue weighted by Crippen LogP contribution is -2.10. The highest BCUT2D eigenvalue weighted by Crippen LogP contribution is 2.20. The van der Waals surface area contributed by atoms with E-state index in [-0.39, 0.29) is 16.5 Å². The van der Waals surface area contributed by atoms with E-state index in [4.69, 9.17) is 5.73 Å². The number of sulfone groups is 1. The summed E-state index contributed by atoms with van der Waals surface area (Å²) >= 11 is 0. The van der Waals surface area contributed by atoms with Crippen LogP contribution in [0.1, 0.15) is 18.2 Å². The zero-order chi connectivity index (χ0) is 10.9. The lowest BCUT2D eigenvalue weighted by molar-refractivity contribution is 0.597. The quantitative estimate of drug-likeness (QED) is 0.799. The van der Waals surface area contributed by atoms with E-state index >= 15 is 0 Å². The summed E-state index contributed by atoms with van der Waals surface area (Å²) in [4.78, 5) is 4.13. The molecule has 78 valence electrons. The average Bonchev–Trinajstić information content (AvgIpc) is 2.11. The van der Waals surface area contributed by atoms with Crippen molar-refractivity contribution < 1.29 is 8.42 Å². The van der Waals surface area contributed by atoms with Gasteiger partial charge in [-0.1, -0.05) is 6.92 Å². The van der Waals surface area contributed by atoms with Crippen LogP contribution in [0, 0.1) is 13.8 Å². The maximum Gasteiger partial charge on any atom is 0.181 e. The van der Waals surface area contributed by atoms with Crippen molar-refractivity contribution in [1.82, 2.24) is 4.98 Å². The molecule has 0 saturated heterocycles. The number of pyridine rings is 1. The largest absolute Gasteiger partial charge is 0.383 e. The van der Waals surface area contributed by atoms with Crippen LogP contribution >= 0.6 is 0 Å². The summed E-state index contributed by atoms with van der Waals surface area (Å²) in [6.07, 6.45) is 0. The normalized spacial score (nSPS) is 11.6. The van der Waals surface area contributed by atoms with Crippen molar-refractivity contribution in [3.05, 3.63) is 17.3 Å². The predicted molar refractivity (Wildman–Crippen MR) is 55.9 cm³/mol. The van der Waals surface area contributed by atoms with E-state index in [1.807, 2.05) is 6.92 Å². The van der Waals surface area contributed by atoms with Crippen LogP contribution in [0.4, 0.5) is 5.82 Å². The Kier molecular flexibility index (Phi) is 2.80. The molecule has 1 rings (SSSR count). The molecule has 0 aliphatic carbocycles. The lowest BCUT2D eigenvalue weighted by atomic mass is 10.2. The van der Waals surface area contributed by atoms with Gasteiger partial charge in [-0.25, -0.2) is 13.4 Å². The standard InChI is InChI=1S/C9H14N2O2S/c1-4-14(12,13)8-5-6(2)7(3)11-9(8)10/h5H,4H2,1-3H3,(H2,10,11). The molecule has 0 aliphatic rings. The fourth-order valence-corrected chi connectivity index (χ4v) is 2.14. The number of nitrogens with two attached hydrogens (primary N) is 1. The molecule has 0 saturated carbocycles. The molecule has 0 amide bonds. The first kappa shape index (κ1) is 11.0. The van der Waals surface area contributed by atoms with Gasteiger partial charge in [0.25, 0.3) is 0 Å². The SMILES string of the molecule is CCS(=O)(=O)c1cc(C)c(C)nc1N. The molecule has 1 aromatic rings. The van der Waals surface area contributed by atoms with Crippen LogP contribution in [0.5, 0.6) is 0 Å². The third-order valence-electron chi connectivity index (χ3n) is 2.17. The minimum Gasteiger partial charge on any atom is -0.383 e.